The van der Waals surface area contributed by atoms with Gasteiger partial charge in [0.15, 0.2) is 6.61 Å². The minimum atomic E-state index is -0.615. The van der Waals surface area contributed by atoms with Crippen LogP contribution in [-0.4, -0.2) is 25.6 Å². The fourth-order valence-corrected chi connectivity index (χ4v) is 2.82. The van der Waals surface area contributed by atoms with Gasteiger partial charge in [0.2, 0.25) is 0 Å². The highest BCUT2D eigenvalue weighted by molar-refractivity contribution is 6.32. The average Bonchev–Trinajstić information content (AvgIpc) is 3.24. The molecule has 0 bridgehead atoms. The van der Waals surface area contributed by atoms with Gasteiger partial charge in [-0.25, -0.2) is 4.79 Å². The molecule has 3 aromatic rings. The van der Waals surface area contributed by atoms with Crippen LogP contribution in [0.25, 0.3) is 0 Å². The molecule has 29 heavy (non-hydrogen) atoms. The Hall–Kier alpha value is -3.45. The molecule has 1 amide bonds. The summed E-state index contributed by atoms with van der Waals surface area (Å²) >= 11 is 6.03. The van der Waals surface area contributed by atoms with E-state index >= 15 is 0 Å². The molecular weight excluding hydrogens is 396 g/mol. The molecular formula is C21H19ClN2O5. The Morgan fingerprint density at radius 1 is 1.10 bits per heavy atom. The van der Waals surface area contributed by atoms with E-state index in [0.717, 1.165) is 5.76 Å². The van der Waals surface area contributed by atoms with Crippen LogP contribution in [0.4, 0.5) is 11.4 Å². The second-order valence-corrected chi connectivity index (χ2v) is 6.36. The van der Waals surface area contributed by atoms with Crippen LogP contribution in [0.2, 0.25) is 5.02 Å². The molecule has 0 saturated heterocycles. The van der Waals surface area contributed by atoms with E-state index in [1.165, 1.54) is 7.11 Å². The van der Waals surface area contributed by atoms with Crippen molar-refractivity contribution < 1.29 is 23.5 Å². The van der Waals surface area contributed by atoms with Crippen LogP contribution in [-0.2, 0) is 16.1 Å². The highest BCUT2D eigenvalue weighted by Crippen LogP contribution is 2.27. The van der Waals surface area contributed by atoms with Crippen LogP contribution in [0.3, 0.4) is 0 Å². The number of methoxy groups -OCH3 is 1. The fourth-order valence-electron chi connectivity index (χ4n) is 2.56. The molecule has 0 unspecified atom stereocenters. The quantitative estimate of drug-likeness (QED) is 0.532. The molecule has 8 heteroatoms. The van der Waals surface area contributed by atoms with E-state index in [4.69, 9.17) is 25.5 Å². The maximum Gasteiger partial charge on any atom is 0.340 e. The van der Waals surface area contributed by atoms with Crippen molar-refractivity contribution in [3.05, 3.63) is 77.2 Å². The second-order valence-electron chi connectivity index (χ2n) is 5.95. The first kappa shape index (κ1) is 20.3. The predicted molar refractivity (Wildman–Crippen MR) is 109 cm³/mol. The number of carbonyl (C=O) groups is 2. The summed E-state index contributed by atoms with van der Waals surface area (Å²) in [4.78, 5) is 24.5. The summed E-state index contributed by atoms with van der Waals surface area (Å²) in [6.45, 7) is -0.0228. The molecule has 0 aliphatic heterocycles. The van der Waals surface area contributed by atoms with Crippen LogP contribution in [0.1, 0.15) is 16.1 Å². The van der Waals surface area contributed by atoms with Crippen LogP contribution in [0, 0.1) is 0 Å². The normalized spacial score (nSPS) is 10.3. The number of halogens is 1. The molecule has 0 spiro atoms. The third-order valence-corrected chi connectivity index (χ3v) is 4.25. The van der Waals surface area contributed by atoms with Gasteiger partial charge >= 0.3 is 5.97 Å². The number of benzene rings is 2. The third-order valence-electron chi connectivity index (χ3n) is 3.95. The van der Waals surface area contributed by atoms with Crippen LogP contribution >= 0.6 is 11.6 Å². The van der Waals surface area contributed by atoms with Crippen LogP contribution < -0.4 is 15.4 Å². The zero-order valence-electron chi connectivity index (χ0n) is 15.6. The van der Waals surface area contributed by atoms with E-state index in [-0.39, 0.29) is 0 Å². The van der Waals surface area contributed by atoms with Gasteiger partial charge in [0, 0.05) is 11.4 Å². The van der Waals surface area contributed by atoms with E-state index in [1.807, 2.05) is 6.07 Å². The fraction of sp³-hybridized carbons (Fsp3) is 0.143. The Kier molecular flexibility index (Phi) is 6.76. The first-order chi connectivity index (χ1) is 14.1. The molecule has 0 atom stereocenters. The first-order valence-electron chi connectivity index (χ1n) is 8.72. The minimum Gasteiger partial charge on any atom is -0.495 e. The van der Waals surface area contributed by atoms with E-state index in [1.54, 1.807) is 54.8 Å². The number of carbonyl (C=O) groups excluding carboxylic acids is 2. The van der Waals surface area contributed by atoms with Gasteiger partial charge in [-0.1, -0.05) is 23.7 Å². The number of para-hydroxylation sites is 1. The first-order valence-corrected chi connectivity index (χ1v) is 9.10. The number of anilines is 2. The largest absolute Gasteiger partial charge is 0.495 e. The molecule has 2 N–H and O–H groups in total. The summed E-state index contributed by atoms with van der Waals surface area (Å²) in [5.74, 6) is 0.122. The molecule has 7 nitrogen and oxygen atoms in total. The molecule has 0 aliphatic carbocycles. The lowest BCUT2D eigenvalue weighted by atomic mass is 10.2. The number of hydrogen-bond acceptors (Lipinski definition) is 6. The van der Waals surface area contributed by atoms with Crippen molar-refractivity contribution in [1.29, 1.82) is 0 Å². The van der Waals surface area contributed by atoms with Gasteiger partial charge in [0.1, 0.15) is 11.5 Å². The van der Waals surface area contributed by atoms with Gasteiger partial charge in [0.25, 0.3) is 5.91 Å². The maximum atomic E-state index is 12.4. The second kappa shape index (κ2) is 9.66. The lowest BCUT2D eigenvalue weighted by Crippen LogP contribution is -2.21. The van der Waals surface area contributed by atoms with E-state index < -0.39 is 18.5 Å². The molecule has 150 valence electrons. The van der Waals surface area contributed by atoms with Crippen molar-refractivity contribution in [1.82, 2.24) is 0 Å². The zero-order chi connectivity index (χ0) is 20.6. The number of esters is 1. The molecule has 0 saturated carbocycles. The molecule has 0 radical (unpaired) electrons. The molecule has 1 heterocycles. The Morgan fingerprint density at radius 3 is 2.66 bits per heavy atom. The number of rotatable bonds is 8. The van der Waals surface area contributed by atoms with Crippen molar-refractivity contribution in [3.63, 3.8) is 0 Å². The lowest BCUT2D eigenvalue weighted by molar-refractivity contribution is -0.119. The Balaban J connectivity index is 1.56. The highest BCUT2D eigenvalue weighted by Gasteiger charge is 2.15. The Bertz CT molecular complexity index is 988. The molecule has 0 fully saturated rings. The summed E-state index contributed by atoms with van der Waals surface area (Å²) in [5.41, 5.74) is 1.37. The summed E-state index contributed by atoms with van der Waals surface area (Å²) in [5, 5.41) is 6.09. The Morgan fingerprint density at radius 2 is 1.93 bits per heavy atom. The van der Waals surface area contributed by atoms with Gasteiger partial charge in [-0.3, -0.25) is 4.79 Å². The minimum absolute atomic E-state index is 0.319. The standard InChI is InChI=1S/C21H19ClN2O5/c1-27-19-9-8-14(11-17(19)22)24-20(25)13-29-21(26)16-6-2-3-7-18(16)23-12-15-5-4-10-28-15/h2-11,23H,12-13H2,1H3,(H,24,25). The van der Waals surface area contributed by atoms with Gasteiger partial charge in [0.05, 0.1) is 30.5 Å². The van der Waals surface area contributed by atoms with Crippen LogP contribution in [0.15, 0.2) is 65.3 Å². The maximum absolute atomic E-state index is 12.4. The third kappa shape index (κ3) is 5.52. The van der Waals surface area contributed by atoms with Gasteiger partial charge in [-0.15, -0.1) is 0 Å². The van der Waals surface area contributed by atoms with Crippen molar-refractivity contribution in [2.45, 2.75) is 6.54 Å². The number of amides is 1. The molecule has 3 rings (SSSR count). The number of furan rings is 1. The van der Waals surface area contributed by atoms with Crippen molar-refractivity contribution in [2.24, 2.45) is 0 Å². The van der Waals surface area contributed by atoms with Gasteiger partial charge in [-0.05, 0) is 42.5 Å². The monoisotopic (exact) mass is 414 g/mol. The van der Waals surface area contributed by atoms with Gasteiger partial charge in [-0.2, -0.15) is 0 Å². The van der Waals surface area contributed by atoms with Gasteiger partial charge < -0.3 is 24.5 Å². The van der Waals surface area contributed by atoms with Crippen LogP contribution in [0.5, 0.6) is 5.75 Å². The van der Waals surface area contributed by atoms with E-state index in [9.17, 15) is 9.59 Å². The SMILES string of the molecule is COc1ccc(NC(=O)COC(=O)c2ccccc2NCc2ccco2)cc1Cl. The number of nitrogens with one attached hydrogen (secondary N) is 2. The van der Waals surface area contributed by atoms with Crippen molar-refractivity contribution in [3.8, 4) is 5.75 Å². The van der Waals surface area contributed by atoms with E-state index in [0.29, 0.717) is 34.3 Å². The summed E-state index contributed by atoms with van der Waals surface area (Å²) < 4.78 is 15.5. The van der Waals surface area contributed by atoms with Crippen molar-refractivity contribution >= 4 is 34.9 Å². The summed E-state index contributed by atoms with van der Waals surface area (Å²) in [6, 6.07) is 15.3. The highest BCUT2D eigenvalue weighted by atomic mass is 35.5. The smallest absolute Gasteiger partial charge is 0.340 e. The summed E-state index contributed by atoms with van der Waals surface area (Å²) in [6.07, 6.45) is 1.58. The Labute approximate surface area is 172 Å². The number of hydrogen-bond donors (Lipinski definition) is 2. The topological polar surface area (TPSA) is 89.8 Å². The molecule has 2 aromatic carbocycles. The lowest BCUT2D eigenvalue weighted by Gasteiger charge is -2.11. The van der Waals surface area contributed by atoms with Crippen molar-refractivity contribution in [2.75, 3.05) is 24.4 Å². The summed E-state index contributed by atoms with van der Waals surface area (Å²) in [7, 11) is 1.50. The molecule has 0 aliphatic rings. The number of ether oxygens (including phenoxy) is 2. The predicted octanol–water partition coefficient (Wildman–Crippen LogP) is 4.35. The zero-order valence-corrected chi connectivity index (χ0v) is 16.4. The average molecular weight is 415 g/mol. The van der Waals surface area contributed by atoms with E-state index in [2.05, 4.69) is 10.6 Å². The molecule has 1 aromatic heterocycles.